The van der Waals surface area contributed by atoms with Gasteiger partial charge in [-0.25, -0.2) is 0 Å². The second-order valence-electron chi connectivity index (χ2n) is 4.98. The molecule has 1 amide bonds. The quantitative estimate of drug-likeness (QED) is 0.838. The molecule has 4 heteroatoms. The fourth-order valence-corrected chi connectivity index (χ4v) is 2.62. The lowest BCUT2D eigenvalue weighted by Crippen LogP contribution is -2.33. The normalized spacial score (nSPS) is 11.5. The van der Waals surface area contributed by atoms with Crippen LogP contribution in [0.4, 0.5) is 0 Å². The highest BCUT2D eigenvalue weighted by atomic mass is 35.5. The minimum Gasteiger partial charge on any atom is -0.332 e. The Hall–Kier alpha value is -2.31. The molecule has 0 bridgehead atoms. The third-order valence-corrected chi connectivity index (χ3v) is 4.03. The Morgan fingerprint density at radius 1 is 1.23 bits per heavy atom. The summed E-state index contributed by atoms with van der Waals surface area (Å²) in [5.41, 5.74) is 2.10. The second kappa shape index (κ2) is 7.11. The topological polar surface area (TPSA) is 44.1 Å². The highest BCUT2D eigenvalue weighted by molar-refractivity contribution is 6.33. The van der Waals surface area contributed by atoms with Crippen LogP contribution in [0.3, 0.4) is 0 Å². The summed E-state index contributed by atoms with van der Waals surface area (Å²) in [6.45, 7) is 4.49. The Morgan fingerprint density at radius 2 is 1.86 bits per heavy atom. The highest BCUT2D eigenvalue weighted by Crippen LogP contribution is 2.25. The second-order valence-corrected chi connectivity index (χ2v) is 5.39. The molecular weight excluding hydrogens is 296 g/mol. The molecule has 0 fully saturated rings. The van der Waals surface area contributed by atoms with Crippen LogP contribution in [0, 0.1) is 11.3 Å². The van der Waals surface area contributed by atoms with Gasteiger partial charge in [0.15, 0.2) is 0 Å². The Morgan fingerprint density at radius 3 is 2.41 bits per heavy atom. The van der Waals surface area contributed by atoms with Crippen molar-refractivity contribution in [2.45, 2.75) is 19.9 Å². The number of benzene rings is 2. The first-order chi connectivity index (χ1) is 10.6. The first-order valence-corrected chi connectivity index (χ1v) is 7.51. The number of carbonyl (C=O) groups is 1. The van der Waals surface area contributed by atoms with Gasteiger partial charge in [0.2, 0.25) is 0 Å². The van der Waals surface area contributed by atoms with Gasteiger partial charge in [0.1, 0.15) is 0 Å². The van der Waals surface area contributed by atoms with E-state index in [1.165, 1.54) is 0 Å². The minimum atomic E-state index is -0.0958. The number of carbonyl (C=O) groups excluding carboxylic acids is 1. The molecule has 0 aliphatic heterocycles. The van der Waals surface area contributed by atoms with Crippen molar-refractivity contribution in [3.63, 3.8) is 0 Å². The first-order valence-electron chi connectivity index (χ1n) is 7.14. The summed E-state index contributed by atoms with van der Waals surface area (Å²) in [5.74, 6) is -0.0926. The van der Waals surface area contributed by atoms with Crippen LogP contribution in [0.2, 0.25) is 5.02 Å². The van der Waals surface area contributed by atoms with Gasteiger partial charge in [-0.05, 0) is 43.7 Å². The molecule has 2 rings (SSSR count). The smallest absolute Gasteiger partial charge is 0.255 e. The Balaban J connectivity index is 2.28. The van der Waals surface area contributed by atoms with E-state index in [1.807, 2.05) is 26.0 Å². The van der Waals surface area contributed by atoms with Crippen molar-refractivity contribution >= 4 is 17.5 Å². The van der Waals surface area contributed by atoms with Gasteiger partial charge in [-0.1, -0.05) is 35.9 Å². The molecule has 0 aliphatic rings. The van der Waals surface area contributed by atoms with Crippen molar-refractivity contribution in [2.24, 2.45) is 0 Å². The molecule has 0 aromatic heterocycles. The molecular formula is C18H17ClN2O. The summed E-state index contributed by atoms with van der Waals surface area (Å²) >= 11 is 6.13. The van der Waals surface area contributed by atoms with Crippen molar-refractivity contribution in [3.05, 3.63) is 70.2 Å². The molecule has 0 spiro atoms. The number of hydrogen-bond donors (Lipinski definition) is 0. The molecule has 0 heterocycles. The van der Waals surface area contributed by atoms with Crippen molar-refractivity contribution in [1.82, 2.24) is 4.90 Å². The van der Waals surface area contributed by atoms with Crippen LogP contribution in [-0.2, 0) is 0 Å². The molecule has 112 valence electrons. The predicted molar refractivity (Wildman–Crippen MR) is 87.7 cm³/mol. The van der Waals surface area contributed by atoms with Gasteiger partial charge in [-0.3, -0.25) is 4.79 Å². The monoisotopic (exact) mass is 312 g/mol. The van der Waals surface area contributed by atoms with E-state index in [0.29, 0.717) is 22.7 Å². The number of rotatable bonds is 4. The van der Waals surface area contributed by atoms with Crippen molar-refractivity contribution < 1.29 is 4.79 Å². The van der Waals surface area contributed by atoms with Crippen molar-refractivity contribution in [2.75, 3.05) is 6.54 Å². The molecule has 1 atom stereocenters. The molecule has 0 N–H and O–H groups in total. The maximum atomic E-state index is 12.7. The van der Waals surface area contributed by atoms with Crippen LogP contribution < -0.4 is 0 Å². The molecule has 0 saturated heterocycles. The minimum absolute atomic E-state index is 0.0926. The van der Waals surface area contributed by atoms with E-state index in [2.05, 4.69) is 6.07 Å². The molecule has 0 saturated carbocycles. The van der Waals surface area contributed by atoms with E-state index >= 15 is 0 Å². The lowest BCUT2D eigenvalue weighted by molar-refractivity contribution is 0.0702. The van der Waals surface area contributed by atoms with Gasteiger partial charge in [0, 0.05) is 6.54 Å². The fourth-order valence-electron chi connectivity index (χ4n) is 2.40. The number of hydrogen-bond acceptors (Lipinski definition) is 2. The molecule has 22 heavy (non-hydrogen) atoms. The Kier molecular flexibility index (Phi) is 5.19. The molecule has 0 radical (unpaired) electrons. The fraction of sp³-hybridized carbons (Fsp3) is 0.222. The van der Waals surface area contributed by atoms with Gasteiger partial charge >= 0.3 is 0 Å². The third-order valence-electron chi connectivity index (χ3n) is 3.70. The third kappa shape index (κ3) is 3.29. The van der Waals surface area contributed by atoms with Crippen LogP contribution in [0.25, 0.3) is 0 Å². The van der Waals surface area contributed by atoms with E-state index in [0.717, 1.165) is 5.56 Å². The SMILES string of the molecule is CCN(C(=O)c1ccccc1Cl)C(C)c1ccc(C#N)cc1. The number of amides is 1. The Labute approximate surface area is 135 Å². The average Bonchev–Trinajstić information content (AvgIpc) is 2.55. The maximum Gasteiger partial charge on any atom is 0.255 e. The van der Waals surface area contributed by atoms with Gasteiger partial charge in [-0.2, -0.15) is 5.26 Å². The average molecular weight is 313 g/mol. The van der Waals surface area contributed by atoms with E-state index in [9.17, 15) is 4.79 Å². The summed E-state index contributed by atoms with van der Waals surface area (Å²) in [4.78, 5) is 14.5. The van der Waals surface area contributed by atoms with E-state index in [1.54, 1.807) is 41.3 Å². The predicted octanol–water partition coefficient (Wildman–Crippen LogP) is 4.43. The van der Waals surface area contributed by atoms with Crippen LogP contribution in [0.1, 0.15) is 41.4 Å². The van der Waals surface area contributed by atoms with Crippen LogP contribution in [-0.4, -0.2) is 17.4 Å². The summed E-state index contributed by atoms with van der Waals surface area (Å²) in [5, 5.41) is 9.32. The zero-order valence-corrected chi connectivity index (χ0v) is 13.3. The first kappa shape index (κ1) is 16.1. The molecule has 0 aliphatic carbocycles. The summed E-state index contributed by atoms with van der Waals surface area (Å²) in [6.07, 6.45) is 0. The number of nitriles is 1. The van der Waals surface area contributed by atoms with Gasteiger partial charge in [-0.15, -0.1) is 0 Å². The maximum absolute atomic E-state index is 12.7. The summed E-state index contributed by atoms with van der Waals surface area (Å²) in [6, 6.07) is 16.3. The lowest BCUT2D eigenvalue weighted by Gasteiger charge is -2.29. The van der Waals surface area contributed by atoms with Crippen molar-refractivity contribution in [3.8, 4) is 6.07 Å². The summed E-state index contributed by atoms with van der Waals surface area (Å²) in [7, 11) is 0. The van der Waals surface area contributed by atoms with E-state index < -0.39 is 0 Å². The zero-order chi connectivity index (χ0) is 16.1. The van der Waals surface area contributed by atoms with E-state index in [4.69, 9.17) is 16.9 Å². The molecule has 3 nitrogen and oxygen atoms in total. The number of nitrogens with zero attached hydrogens (tertiary/aromatic N) is 2. The highest BCUT2D eigenvalue weighted by Gasteiger charge is 2.22. The van der Waals surface area contributed by atoms with E-state index in [-0.39, 0.29) is 11.9 Å². The van der Waals surface area contributed by atoms with Crippen molar-refractivity contribution in [1.29, 1.82) is 5.26 Å². The largest absolute Gasteiger partial charge is 0.332 e. The van der Waals surface area contributed by atoms with Gasteiger partial charge < -0.3 is 4.90 Å². The lowest BCUT2D eigenvalue weighted by atomic mass is 10.0. The molecule has 1 unspecified atom stereocenters. The van der Waals surface area contributed by atoms with Gasteiger partial charge in [0.25, 0.3) is 5.91 Å². The standard InChI is InChI=1S/C18H17ClN2O/c1-3-21(18(22)16-6-4-5-7-17(16)19)13(2)15-10-8-14(12-20)9-11-15/h4-11,13H,3H2,1-2H3. The van der Waals surface area contributed by atoms with Gasteiger partial charge in [0.05, 0.1) is 28.3 Å². The zero-order valence-electron chi connectivity index (χ0n) is 12.6. The Bertz CT molecular complexity index is 704. The molecule has 2 aromatic carbocycles. The van der Waals surface area contributed by atoms with Crippen LogP contribution >= 0.6 is 11.6 Å². The number of halogens is 1. The van der Waals surface area contributed by atoms with Crippen LogP contribution in [0.15, 0.2) is 48.5 Å². The molecule has 2 aromatic rings. The summed E-state index contributed by atoms with van der Waals surface area (Å²) < 4.78 is 0. The van der Waals surface area contributed by atoms with Crippen LogP contribution in [0.5, 0.6) is 0 Å².